The van der Waals surface area contributed by atoms with Crippen LogP contribution in [-0.2, 0) is 6.61 Å². The van der Waals surface area contributed by atoms with E-state index in [2.05, 4.69) is 15.2 Å². The number of aromatic nitrogens is 1. The zero-order chi connectivity index (χ0) is 15.2. The molecule has 0 saturated carbocycles. The van der Waals surface area contributed by atoms with Crippen molar-refractivity contribution in [2.24, 2.45) is 10.2 Å². The predicted molar refractivity (Wildman–Crippen MR) is 79.9 cm³/mol. The maximum absolute atomic E-state index is 9.91. The van der Waals surface area contributed by atoms with E-state index >= 15 is 0 Å². The van der Waals surface area contributed by atoms with Crippen molar-refractivity contribution in [3.05, 3.63) is 52.8 Å². The number of para-hydroxylation sites is 1. The van der Waals surface area contributed by atoms with Crippen LogP contribution in [0.3, 0.4) is 0 Å². The Morgan fingerprint density at radius 3 is 2.57 bits per heavy atom. The molecule has 0 fully saturated rings. The largest absolute Gasteiger partial charge is 0.507 e. The molecule has 0 aliphatic rings. The summed E-state index contributed by atoms with van der Waals surface area (Å²) in [5.41, 5.74) is 1.81. The van der Waals surface area contributed by atoms with E-state index in [1.54, 1.807) is 31.2 Å². The third kappa shape index (κ3) is 3.43. The molecule has 0 unspecified atom stereocenters. The van der Waals surface area contributed by atoms with Gasteiger partial charge in [-0.2, -0.15) is 10.2 Å². The normalized spacial score (nSPS) is 11.5. The highest BCUT2D eigenvalue weighted by Crippen LogP contribution is 2.22. The van der Waals surface area contributed by atoms with Gasteiger partial charge in [-0.05, 0) is 19.1 Å². The van der Waals surface area contributed by atoms with Crippen molar-refractivity contribution < 1.29 is 15.3 Å². The quantitative estimate of drug-likeness (QED) is 0.588. The molecule has 0 radical (unpaired) electrons. The number of pyridine rings is 1. The second-order valence-corrected chi connectivity index (χ2v) is 4.34. The first kappa shape index (κ1) is 14.7. The van der Waals surface area contributed by atoms with Crippen LogP contribution in [0.1, 0.15) is 22.4 Å². The van der Waals surface area contributed by atoms with Crippen molar-refractivity contribution in [2.45, 2.75) is 13.5 Å². The molecule has 2 rings (SSSR count). The average molecular weight is 285 g/mol. The Bertz CT molecular complexity index is 697. The summed E-state index contributed by atoms with van der Waals surface area (Å²) in [5, 5.41) is 36.3. The van der Waals surface area contributed by atoms with Crippen molar-refractivity contribution in [3.63, 3.8) is 0 Å². The van der Waals surface area contributed by atoms with E-state index < -0.39 is 0 Å². The summed E-state index contributed by atoms with van der Waals surface area (Å²) in [6.45, 7) is 1.39. The van der Waals surface area contributed by atoms with Gasteiger partial charge in [0, 0.05) is 22.9 Å². The van der Waals surface area contributed by atoms with Gasteiger partial charge in [0.1, 0.15) is 11.5 Å². The van der Waals surface area contributed by atoms with E-state index in [9.17, 15) is 15.3 Å². The Morgan fingerprint density at radius 1 is 1.14 bits per heavy atom. The number of aliphatic hydroxyl groups excluding tert-OH is 1. The van der Waals surface area contributed by atoms with Crippen molar-refractivity contribution in [1.29, 1.82) is 0 Å². The molecule has 1 heterocycles. The van der Waals surface area contributed by atoms with Gasteiger partial charge in [-0.15, -0.1) is 0 Å². The monoisotopic (exact) mass is 285 g/mol. The Hall–Kier alpha value is -2.73. The van der Waals surface area contributed by atoms with E-state index in [0.717, 1.165) is 0 Å². The molecule has 0 bridgehead atoms. The maximum atomic E-state index is 9.91. The van der Waals surface area contributed by atoms with Crippen molar-refractivity contribution in [2.75, 3.05) is 0 Å². The first-order valence-electron chi connectivity index (χ1n) is 6.26. The Labute approximate surface area is 121 Å². The number of phenols is 1. The summed E-state index contributed by atoms with van der Waals surface area (Å²) in [5.74, 6) is 0.0677. The molecule has 6 heteroatoms. The van der Waals surface area contributed by atoms with E-state index in [1.165, 1.54) is 18.6 Å². The SMILES string of the molecule is Cc1ncc(CO)c(/C=N/N=C/c2ccccc2O)c1O. The minimum absolute atomic E-state index is 0.0388. The van der Waals surface area contributed by atoms with E-state index in [0.29, 0.717) is 22.4 Å². The van der Waals surface area contributed by atoms with Crippen LogP contribution >= 0.6 is 0 Å². The van der Waals surface area contributed by atoms with Gasteiger partial charge in [0.15, 0.2) is 0 Å². The fraction of sp³-hybridized carbons (Fsp3) is 0.133. The van der Waals surface area contributed by atoms with E-state index in [-0.39, 0.29) is 18.1 Å². The van der Waals surface area contributed by atoms with Crippen molar-refractivity contribution >= 4 is 12.4 Å². The summed E-state index contributed by atoms with van der Waals surface area (Å²) in [7, 11) is 0. The highest BCUT2D eigenvalue weighted by atomic mass is 16.3. The Kier molecular flexibility index (Phi) is 4.63. The highest BCUT2D eigenvalue weighted by molar-refractivity contribution is 5.87. The summed E-state index contributed by atoms with van der Waals surface area (Å²) in [6, 6.07) is 6.72. The first-order chi connectivity index (χ1) is 10.1. The number of nitrogens with zero attached hydrogens (tertiary/aromatic N) is 3. The minimum atomic E-state index is -0.259. The van der Waals surface area contributed by atoms with Crippen LogP contribution in [-0.4, -0.2) is 32.7 Å². The second kappa shape index (κ2) is 6.62. The standard InChI is InChI=1S/C15H15N3O3/c1-10-15(21)13(12(9-19)6-16-10)8-18-17-7-11-4-2-3-5-14(11)20/h2-8,19-21H,9H2,1H3/b17-7+,18-8+. The molecule has 0 saturated heterocycles. The zero-order valence-corrected chi connectivity index (χ0v) is 11.4. The van der Waals surface area contributed by atoms with Gasteiger partial charge < -0.3 is 15.3 Å². The van der Waals surface area contributed by atoms with Crippen molar-refractivity contribution in [1.82, 2.24) is 4.98 Å². The van der Waals surface area contributed by atoms with Crippen LogP contribution < -0.4 is 0 Å². The molecule has 0 amide bonds. The molecule has 0 aliphatic carbocycles. The summed E-state index contributed by atoms with van der Waals surface area (Å²) in [4.78, 5) is 3.95. The average Bonchev–Trinajstić information content (AvgIpc) is 2.49. The number of hydrogen-bond donors (Lipinski definition) is 3. The molecule has 0 spiro atoms. The van der Waals surface area contributed by atoms with Gasteiger partial charge in [-0.3, -0.25) is 4.98 Å². The zero-order valence-electron chi connectivity index (χ0n) is 11.4. The van der Waals surface area contributed by atoms with Gasteiger partial charge in [-0.25, -0.2) is 0 Å². The third-order valence-corrected chi connectivity index (χ3v) is 2.92. The molecule has 108 valence electrons. The lowest BCUT2D eigenvalue weighted by Crippen LogP contribution is -1.97. The molecule has 2 aromatic rings. The van der Waals surface area contributed by atoms with Gasteiger partial charge in [-0.1, -0.05) is 12.1 Å². The van der Waals surface area contributed by atoms with Gasteiger partial charge in [0.05, 0.1) is 24.7 Å². The smallest absolute Gasteiger partial charge is 0.145 e. The summed E-state index contributed by atoms with van der Waals surface area (Å²) < 4.78 is 0. The topological polar surface area (TPSA) is 98.3 Å². The fourth-order valence-electron chi connectivity index (χ4n) is 1.71. The number of aliphatic hydroxyl groups is 1. The molecule has 0 aliphatic heterocycles. The molecule has 6 nitrogen and oxygen atoms in total. The summed E-state index contributed by atoms with van der Waals surface area (Å²) >= 11 is 0. The number of aryl methyl sites for hydroxylation is 1. The molecule has 1 aromatic carbocycles. The number of rotatable bonds is 4. The van der Waals surface area contributed by atoms with Crippen LogP contribution in [0.2, 0.25) is 0 Å². The fourth-order valence-corrected chi connectivity index (χ4v) is 1.71. The molecule has 1 aromatic heterocycles. The number of benzene rings is 1. The maximum Gasteiger partial charge on any atom is 0.145 e. The lowest BCUT2D eigenvalue weighted by Gasteiger charge is -2.06. The lowest BCUT2D eigenvalue weighted by molar-refractivity contribution is 0.280. The third-order valence-electron chi connectivity index (χ3n) is 2.92. The van der Waals surface area contributed by atoms with Crippen LogP contribution in [0.4, 0.5) is 0 Å². The number of aromatic hydroxyl groups is 2. The molecule has 0 atom stereocenters. The number of hydrogen-bond acceptors (Lipinski definition) is 6. The first-order valence-corrected chi connectivity index (χ1v) is 6.26. The summed E-state index contributed by atoms with van der Waals surface area (Å²) in [6.07, 6.45) is 4.21. The van der Waals surface area contributed by atoms with Crippen LogP contribution in [0.25, 0.3) is 0 Å². The van der Waals surface area contributed by atoms with E-state index in [4.69, 9.17) is 0 Å². The predicted octanol–water partition coefficient (Wildman–Crippen LogP) is 1.75. The van der Waals surface area contributed by atoms with Crippen LogP contribution in [0, 0.1) is 6.92 Å². The second-order valence-electron chi connectivity index (χ2n) is 4.34. The van der Waals surface area contributed by atoms with Crippen LogP contribution in [0.15, 0.2) is 40.7 Å². The van der Waals surface area contributed by atoms with E-state index in [1.807, 2.05) is 0 Å². The van der Waals surface area contributed by atoms with Crippen molar-refractivity contribution in [3.8, 4) is 11.5 Å². The Balaban J connectivity index is 2.23. The molecular weight excluding hydrogens is 270 g/mol. The lowest BCUT2D eigenvalue weighted by atomic mass is 10.1. The van der Waals surface area contributed by atoms with Gasteiger partial charge in [0.2, 0.25) is 0 Å². The minimum Gasteiger partial charge on any atom is -0.507 e. The Morgan fingerprint density at radius 2 is 1.86 bits per heavy atom. The van der Waals surface area contributed by atoms with Gasteiger partial charge in [0.25, 0.3) is 0 Å². The molecular formula is C15H15N3O3. The molecule has 21 heavy (non-hydrogen) atoms. The van der Waals surface area contributed by atoms with Gasteiger partial charge >= 0.3 is 0 Å². The number of phenolic OH excluding ortho intramolecular Hbond substituents is 1. The highest BCUT2D eigenvalue weighted by Gasteiger charge is 2.08. The van der Waals surface area contributed by atoms with Crippen LogP contribution in [0.5, 0.6) is 11.5 Å². The molecule has 3 N–H and O–H groups in total.